The van der Waals surface area contributed by atoms with Gasteiger partial charge in [-0.2, -0.15) is 0 Å². The van der Waals surface area contributed by atoms with Crippen LogP contribution in [0.2, 0.25) is 5.15 Å². The van der Waals surface area contributed by atoms with Crippen molar-refractivity contribution in [3.05, 3.63) is 47.5 Å². The number of ether oxygens (including phenoxy) is 1. The number of amides is 1. The van der Waals surface area contributed by atoms with Gasteiger partial charge in [-0.1, -0.05) is 11.6 Å². The van der Waals surface area contributed by atoms with E-state index >= 15 is 0 Å². The van der Waals surface area contributed by atoms with Crippen molar-refractivity contribution in [1.29, 1.82) is 0 Å². The van der Waals surface area contributed by atoms with Gasteiger partial charge in [0.2, 0.25) is 11.9 Å². The Labute approximate surface area is 209 Å². The van der Waals surface area contributed by atoms with Crippen molar-refractivity contribution < 1.29 is 9.53 Å². The lowest BCUT2D eigenvalue weighted by Gasteiger charge is -2.34. The molecule has 3 aromatic heterocycles. The van der Waals surface area contributed by atoms with Crippen LogP contribution in [-0.4, -0.2) is 69.6 Å². The average Bonchev–Trinajstić information content (AvgIpc) is 2.84. The predicted octanol–water partition coefficient (Wildman–Crippen LogP) is 3.56. The number of aromatic nitrogens is 4. The van der Waals surface area contributed by atoms with E-state index in [2.05, 4.69) is 30.6 Å². The maximum atomic E-state index is 12.4. The molecular weight excluding hydrogens is 466 g/mol. The molecule has 1 aliphatic carbocycles. The molecule has 0 atom stereocenters. The second-order valence-electron chi connectivity index (χ2n) is 9.40. The number of anilines is 2. The van der Waals surface area contributed by atoms with E-state index in [1.807, 2.05) is 25.2 Å². The first-order valence-corrected chi connectivity index (χ1v) is 12.5. The van der Waals surface area contributed by atoms with Gasteiger partial charge in [-0.3, -0.25) is 4.79 Å². The number of hydrogen-bond acceptors (Lipinski definition) is 8. The quantitative estimate of drug-likeness (QED) is 0.457. The zero-order valence-electron chi connectivity index (χ0n) is 19.8. The molecule has 1 saturated heterocycles. The van der Waals surface area contributed by atoms with E-state index in [9.17, 15) is 4.79 Å². The van der Waals surface area contributed by atoms with Gasteiger partial charge in [0.05, 0.1) is 25.7 Å². The summed E-state index contributed by atoms with van der Waals surface area (Å²) < 4.78 is 5.16. The highest BCUT2D eigenvalue weighted by Crippen LogP contribution is 2.28. The van der Waals surface area contributed by atoms with Gasteiger partial charge in [0.25, 0.3) is 0 Å². The molecule has 5 rings (SSSR count). The molecule has 184 valence electrons. The van der Waals surface area contributed by atoms with Crippen LogP contribution in [0.25, 0.3) is 10.9 Å². The van der Waals surface area contributed by atoms with Crippen molar-refractivity contribution in [2.75, 3.05) is 37.4 Å². The third-order valence-corrected chi connectivity index (χ3v) is 7.21. The van der Waals surface area contributed by atoms with Gasteiger partial charge in [0.15, 0.2) is 5.15 Å². The summed E-state index contributed by atoms with van der Waals surface area (Å²) in [7, 11) is 1.82. The lowest BCUT2D eigenvalue weighted by molar-refractivity contribution is -0.140. The molecule has 2 aliphatic rings. The fraction of sp³-hybridized carbons (Fsp3) is 0.480. The van der Waals surface area contributed by atoms with Crippen molar-refractivity contribution >= 4 is 40.2 Å². The second-order valence-corrected chi connectivity index (χ2v) is 9.76. The number of nitrogens with zero attached hydrogens (tertiary/aromatic N) is 5. The number of carbonyl (C=O) groups excluding carboxylic acids is 1. The van der Waals surface area contributed by atoms with E-state index in [0.29, 0.717) is 42.7 Å². The lowest BCUT2D eigenvalue weighted by Crippen LogP contribution is -2.50. The highest BCUT2D eigenvalue weighted by molar-refractivity contribution is 6.33. The normalized spacial score (nSPS) is 20.3. The Balaban J connectivity index is 1.05. The Hall–Kier alpha value is -3.04. The second kappa shape index (κ2) is 10.7. The molecule has 1 saturated carbocycles. The van der Waals surface area contributed by atoms with Crippen LogP contribution in [0.1, 0.15) is 31.2 Å². The summed E-state index contributed by atoms with van der Waals surface area (Å²) in [6.07, 6.45) is 9.85. The summed E-state index contributed by atoms with van der Waals surface area (Å²) in [5.41, 5.74) is 1.55. The number of carbonyl (C=O) groups is 1. The number of hydrogen-bond donors (Lipinski definition) is 2. The van der Waals surface area contributed by atoms with Crippen molar-refractivity contribution in [2.24, 2.45) is 5.92 Å². The fourth-order valence-electron chi connectivity index (χ4n) is 4.54. The molecule has 3 aromatic rings. The highest BCUT2D eigenvalue weighted by atomic mass is 35.5. The van der Waals surface area contributed by atoms with Gasteiger partial charge in [0.1, 0.15) is 11.3 Å². The van der Waals surface area contributed by atoms with Crippen molar-refractivity contribution in [2.45, 2.75) is 44.2 Å². The highest BCUT2D eigenvalue weighted by Gasteiger charge is 2.26. The van der Waals surface area contributed by atoms with Crippen molar-refractivity contribution in [3.8, 4) is 0 Å². The van der Waals surface area contributed by atoms with Crippen molar-refractivity contribution in [3.63, 3.8) is 0 Å². The predicted molar refractivity (Wildman–Crippen MR) is 136 cm³/mol. The van der Waals surface area contributed by atoms with E-state index < -0.39 is 0 Å². The van der Waals surface area contributed by atoms with Crippen LogP contribution >= 0.6 is 11.6 Å². The van der Waals surface area contributed by atoms with Gasteiger partial charge in [-0.15, -0.1) is 0 Å². The Bertz CT molecular complexity index is 1160. The smallest absolute Gasteiger partial charge is 0.227 e. The average molecular weight is 496 g/mol. The topological polar surface area (TPSA) is 105 Å². The molecule has 0 aromatic carbocycles. The number of halogens is 1. The third kappa shape index (κ3) is 5.79. The summed E-state index contributed by atoms with van der Waals surface area (Å²) in [5, 5.41) is 8.33. The summed E-state index contributed by atoms with van der Waals surface area (Å²) in [6.45, 7) is 2.07. The van der Waals surface area contributed by atoms with E-state index in [-0.39, 0.29) is 11.9 Å². The molecule has 0 radical (unpaired) electrons. The number of fused-ring (bicyclic) bond motifs is 1. The molecule has 9 nitrogen and oxygen atoms in total. The van der Waals surface area contributed by atoms with Crippen molar-refractivity contribution in [1.82, 2.24) is 24.8 Å². The van der Waals surface area contributed by atoms with E-state index in [4.69, 9.17) is 16.3 Å². The van der Waals surface area contributed by atoms with Crippen LogP contribution in [-0.2, 0) is 16.0 Å². The summed E-state index contributed by atoms with van der Waals surface area (Å²) in [6, 6.07) is 6.52. The zero-order valence-corrected chi connectivity index (χ0v) is 20.5. The van der Waals surface area contributed by atoms with E-state index in [1.54, 1.807) is 23.5 Å². The zero-order chi connectivity index (χ0) is 24.2. The standard InChI is InChI=1S/C25H30ClN7O2/c1-33(20-14-35-15-20)22(34)10-17-12-29-25(30-13-17)28-11-16-2-5-19(6-3-16)31-21-7-4-18-8-9-27-24(26)23(18)32-21/h4,7-9,12-13,16,19-20H,2-3,5-6,10-11,14-15H2,1H3,(H,31,32)(H,28,29,30). The molecule has 1 aliphatic heterocycles. The minimum absolute atomic E-state index is 0.0617. The maximum Gasteiger partial charge on any atom is 0.227 e. The Morgan fingerprint density at radius 3 is 2.60 bits per heavy atom. The largest absolute Gasteiger partial charge is 0.377 e. The van der Waals surface area contributed by atoms with Gasteiger partial charge >= 0.3 is 0 Å². The van der Waals surface area contributed by atoms with Crippen LogP contribution in [0.3, 0.4) is 0 Å². The van der Waals surface area contributed by atoms with Crippen LogP contribution in [0.4, 0.5) is 11.8 Å². The summed E-state index contributed by atoms with van der Waals surface area (Å²) in [5.74, 6) is 2.08. The molecule has 0 spiro atoms. The van der Waals surface area contributed by atoms with Crippen LogP contribution in [0.5, 0.6) is 0 Å². The van der Waals surface area contributed by atoms with Crippen LogP contribution < -0.4 is 10.6 Å². The Morgan fingerprint density at radius 1 is 1.11 bits per heavy atom. The summed E-state index contributed by atoms with van der Waals surface area (Å²) >= 11 is 6.20. The molecule has 1 amide bonds. The minimum atomic E-state index is 0.0617. The van der Waals surface area contributed by atoms with Crippen LogP contribution in [0.15, 0.2) is 36.8 Å². The lowest BCUT2D eigenvalue weighted by atomic mass is 9.86. The van der Waals surface area contributed by atoms with Crippen LogP contribution in [0, 0.1) is 5.92 Å². The summed E-state index contributed by atoms with van der Waals surface area (Å²) in [4.78, 5) is 31.7. The molecule has 0 unspecified atom stereocenters. The molecule has 0 bridgehead atoms. The molecule has 10 heteroatoms. The number of pyridine rings is 2. The molecule has 4 heterocycles. The third-order valence-electron chi connectivity index (χ3n) is 6.93. The molecule has 2 N–H and O–H groups in total. The molecule has 35 heavy (non-hydrogen) atoms. The first-order valence-electron chi connectivity index (χ1n) is 12.1. The monoisotopic (exact) mass is 495 g/mol. The van der Waals surface area contributed by atoms with Gasteiger partial charge in [0, 0.05) is 43.6 Å². The minimum Gasteiger partial charge on any atom is -0.377 e. The fourth-order valence-corrected chi connectivity index (χ4v) is 4.74. The van der Waals surface area contributed by atoms with Gasteiger partial charge in [-0.05, 0) is 55.4 Å². The first-order chi connectivity index (χ1) is 17.0. The Kier molecular flexibility index (Phi) is 7.24. The SMILES string of the molecule is CN(C(=O)Cc1cnc(NCC2CCC(Nc3ccc4ccnc(Cl)c4n3)CC2)nc1)C1COC1. The number of nitrogens with one attached hydrogen (secondary N) is 2. The number of likely N-dealkylation sites (N-methyl/N-ethyl adjacent to an activating group) is 1. The first kappa shape index (κ1) is 23.7. The molecular formula is C25H30ClN7O2. The number of rotatable bonds is 8. The Morgan fingerprint density at radius 2 is 1.89 bits per heavy atom. The molecule has 2 fully saturated rings. The van der Waals surface area contributed by atoms with Gasteiger partial charge < -0.3 is 20.3 Å². The van der Waals surface area contributed by atoms with E-state index in [1.165, 1.54) is 0 Å². The maximum absolute atomic E-state index is 12.4. The van der Waals surface area contributed by atoms with Gasteiger partial charge in [-0.25, -0.2) is 19.9 Å². The van der Waals surface area contributed by atoms with E-state index in [0.717, 1.165) is 54.5 Å².